The van der Waals surface area contributed by atoms with Gasteiger partial charge in [-0.05, 0) is 52.3 Å². The molecule has 2 aromatic rings. The monoisotopic (exact) mass is 517 g/mol. The molecule has 1 saturated heterocycles. The van der Waals surface area contributed by atoms with Gasteiger partial charge in [0.2, 0.25) is 10.0 Å². The number of nitrogens with zero attached hydrogens (tertiary/aromatic N) is 2. The maximum Gasteiger partial charge on any atom is 0.252 e. The second kappa shape index (κ2) is 11.1. The minimum atomic E-state index is -3.51. The standard InChI is InChI=1S/C20H24BrN3O4S.ClH/c1-28-16-6-8-17(9-7-16)29(26,27)24-14-12-23(13-15-24)11-10-22-20(25)18-4-2-3-5-19(18)21;/h2-9H,10-15H2,1H3,(H,22,25);1H. The number of rotatable bonds is 7. The van der Waals surface area contributed by atoms with Crippen LogP contribution >= 0.6 is 28.3 Å². The topological polar surface area (TPSA) is 79.0 Å². The summed E-state index contributed by atoms with van der Waals surface area (Å²) in [5.74, 6) is 0.497. The van der Waals surface area contributed by atoms with Crippen molar-refractivity contribution in [3.8, 4) is 5.75 Å². The van der Waals surface area contributed by atoms with Gasteiger partial charge in [-0.2, -0.15) is 4.31 Å². The van der Waals surface area contributed by atoms with Gasteiger partial charge >= 0.3 is 0 Å². The molecule has 0 unspecified atom stereocenters. The molecule has 1 aliphatic heterocycles. The molecule has 0 aliphatic carbocycles. The molecular formula is C20H25BrClN3O4S. The molecule has 10 heteroatoms. The van der Waals surface area contributed by atoms with Crippen molar-refractivity contribution in [2.45, 2.75) is 4.90 Å². The van der Waals surface area contributed by atoms with E-state index in [-0.39, 0.29) is 23.2 Å². The molecule has 0 aromatic heterocycles. The number of ether oxygens (including phenoxy) is 1. The zero-order valence-corrected chi connectivity index (χ0v) is 19.8. The summed E-state index contributed by atoms with van der Waals surface area (Å²) in [7, 11) is -1.96. The summed E-state index contributed by atoms with van der Waals surface area (Å²) in [5, 5.41) is 2.91. The average Bonchev–Trinajstić information content (AvgIpc) is 2.74. The first kappa shape index (κ1) is 24.6. The number of benzene rings is 2. The lowest BCUT2D eigenvalue weighted by molar-refractivity contribution is 0.0944. The molecule has 164 valence electrons. The highest BCUT2D eigenvalue weighted by Crippen LogP contribution is 2.20. The highest BCUT2D eigenvalue weighted by atomic mass is 79.9. The molecular weight excluding hydrogens is 494 g/mol. The molecule has 1 N–H and O–H groups in total. The fourth-order valence-corrected chi connectivity index (χ4v) is 5.05. The molecule has 1 aliphatic rings. The molecule has 0 bridgehead atoms. The summed E-state index contributed by atoms with van der Waals surface area (Å²) in [5.41, 5.74) is 0.600. The molecule has 0 saturated carbocycles. The van der Waals surface area contributed by atoms with Gasteiger partial charge in [-0.1, -0.05) is 12.1 Å². The van der Waals surface area contributed by atoms with Gasteiger partial charge in [0.25, 0.3) is 5.91 Å². The van der Waals surface area contributed by atoms with E-state index in [1.165, 1.54) is 4.31 Å². The second-order valence-electron chi connectivity index (χ2n) is 6.66. The summed E-state index contributed by atoms with van der Waals surface area (Å²) >= 11 is 3.38. The van der Waals surface area contributed by atoms with Crippen molar-refractivity contribution in [2.24, 2.45) is 0 Å². The van der Waals surface area contributed by atoms with E-state index in [1.54, 1.807) is 37.4 Å². The number of methoxy groups -OCH3 is 1. The van der Waals surface area contributed by atoms with Crippen LogP contribution in [0, 0.1) is 0 Å². The van der Waals surface area contributed by atoms with Crippen LogP contribution in [0.4, 0.5) is 0 Å². The van der Waals surface area contributed by atoms with Gasteiger partial charge in [-0.25, -0.2) is 8.42 Å². The molecule has 1 amide bonds. The Morgan fingerprint density at radius 2 is 1.70 bits per heavy atom. The Morgan fingerprint density at radius 1 is 1.07 bits per heavy atom. The van der Waals surface area contributed by atoms with E-state index < -0.39 is 10.0 Å². The smallest absolute Gasteiger partial charge is 0.252 e. The van der Waals surface area contributed by atoms with Crippen molar-refractivity contribution in [1.29, 1.82) is 0 Å². The van der Waals surface area contributed by atoms with Gasteiger partial charge < -0.3 is 10.1 Å². The van der Waals surface area contributed by atoms with E-state index in [0.29, 0.717) is 50.6 Å². The SMILES string of the molecule is COc1ccc(S(=O)(=O)N2CCN(CCNC(=O)c3ccccc3Br)CC2)cc1.Cl. The summed E-state index contributed by atoms with van der Waals surface area (Å²) in [6.07, 6.45) is 0. The molecule has 30 heavy (non-hydrogen) atoms. The Hall–Kier alpha value is -1.65. The van der Waals surface area contributed by atoms with Crippen LogP contribution in [-0.2, 0) is 10.0 Å². The number of nitrogens with one attached hydrogen (secondary N) is 1. The van der Waals surface area contributed by atoms with Crippen LogP contribution in [0.25, 0.3) is 0 Å². The van der Waals surface area contributed by atoms with E-state index in [0.717, 1.165) is 4.47 Å². The molecule has 0 radical (unpaired) electrons. The molecule has 2 aromatic carbocycles. The number of carbonyl (C=O) groups excluding carboxylic acids is 1. The molecule has 3 rings (SSSR count). The minimum absolute atomic E-state index is 0. The number of hydrogen-bond acceptors (Lipinski definition) is 5. The first-order valence-electron chi connectivity index (χ1n) is 9.31. The average molecular weight is 519 g/mol. The van der Waals surface area contributed by atoms with Gasteiger partial charge in [-0.3, -0.25) is 9.69 Å². The van der Waals surface area contributed by atoms with Crippen molar-refractivity contribution in [3.63, 3.8) is 0 Å². The van der Waals surface area contributed by atoms with E-state index >= 15 is 0 Å². The fraction of sp³-hybridized carbons (Fsp3) is 0.350. The van der Waals surface area contributed by atoms with Gasteiger partial charge in [-0.15, -0.1) is 12.4 Å². The fourth-order valence-electron chi connectivity index (χ4n) is 3.16. The van der Waals surface area contributed by atoms with Crippen LogP contribution in [0.2, 0.25) is 0 Å². The normalized spacial score (nSPS) is 15.3. The maximum atomic E-state index is 12.8. The molecule has 1 heterocycles. The number of amides is 1. The Labute approximate surface area is 192 Å². The predicted octanol–water partition coefficient (Wildman–Crippen LogP) is 2.62. The maximum absolute atomic E-state index is 12.8. The third-order valence-electron chi connectivity index (χ3n) is 4.86. The predicted molar refractivity (Wildman–Crippen MR) is 122 cm³/mol. The Kier molecular flexibility index (Phi) is 9.11. The van der Waals surface area contributed by atoms with Crippen molar-refractivity contribution < 1.29 is 17.9 Å². The van der Waals surface area contributed by atoms with Crippen molar-refractivity contribution in [2.75, 3.05) is 46.4 Å². The van der Waals surface area contributed by atoms with Crippen molar-refractivity contribution >= 4 is 44.3 Å². The number of sulfonamides is 1. The zero-order chi connectivity index (χ0) is 20.9. The van der Waals surface area contributed by atoms with Crippen LogP contribution in [-0.4, -0.2) is 69.9 Å². The van der Waals surface area contributed by atoms with E-state index in [1.807, 2.05) is 18.2 Å². The summed E-state index contributed by atoms with van der Waals surface area (Å²) in [6, 6.07) is 13.7. The van der Waals surface area contributed by atoms with Crippen molar-refractivity contribution in [1.82, 2.24) is 14.5 Å². The molecule has 7 nitrogen and oxygen atoms in total. The Bertz CT molecular complexity index is 949. The molecule has 1 fully saturated rings. The van der Waals surface area contributed by atoms with Gasteiger partial charge in [0, 0.05) is 43.7 Å². The van der Waals surface area contributed by atoms with Crippen molar-refractivity contribution in [3.05, 3.63) is 58.6 Å². The third-order valence-corrected chi connectivity index (χ3v) is 7.46. The Morgan fingerprint density at radius 3 is 2.30 bits per heavy atom. The van der Waals surface area contributed by atoms with Crippen LogP contribution in [0.5, 0.6) is 5.75 Å². The van der Waals surface area contributed by atoms with Gasteiger partial charge in [0.15, 0.2) is 0 Å². The van der Waals surface area contributed by atoms with Crippen LogP contribution < -0.4 is 10.1 Å². The first-order chi connectivity index (χ1) is 13.9. The highest BCUT2D eigenvalue weighted by molar-refractivity contribution is 9.10. The van der Waals surface area contributed by atoms with Gasteiger partial charge in [0.1, 0.15) is 5.75 Å². The summed E-state index contributed by atoms with van der Waals surface area (Å²) in [4.78, 5) is 14.7. The lowest BCUT2D eigenvalue weighted by atomic mass is 10.2. The number of halogens is 2. The lowest BCUT2D eigenvalue weighted by Gasteiger charge is -2.34. The van der Waals surface area contributed by atoms with E-state index in [4.69, 9.17) is 4.74 Å². The largest absolute Gasteiger partial charge is 0.497 e. The first-order valence-corrected chi connectivity index (χ1v) is 11.5. The molecule has 0 spiro atoms. The quantitative estimate of drug-likeness (QED) is 0.610. The number of hydrogen-bond donors (Lipinski definition) is 1. The van der Waals surface area contributed by atoms with Crippen LogP contribution in [0.15, 0.2) is 57.9 Å². The second-order valence-corrected chi connectivity index (χ2v) is 9.45. The summed E-state index contributed by atoms with van der Waals surface area (Å²) in [6.45, 7) is 3.28. The minimum Gasteiger partial charge on any atom is -0.497 e. The van der Waals surface area contributed by atoms with E-state index in [2.05, 4.69) is 26.1 Å². The van der Waals surface area contributed by atoms with Crippen LogP contribution in [0.1, 0.15) is 10.4 Å². The van der Waals surface area contributed by atoms with E-state index in [9.17, 15) is 13.2 Å². The highest BCUT2D eigenvalue weighted by Gasteiger charge is 2.28. The zero-order valence-electron chi connectivity index (χ0n) is 16.6. The lowest BCUT2D eigenvalue weighted by Crippen LogP contribution is -2.50. The third kappa shape index (κ3) is 5.95. The summed E-state index contributed by atoms with van der Waals surface area (Å²) < 4.78 is 32.9. The molecule has 0 atom stereocenters. The number of carbonyl (C=O) groups is 1. The van der Waals surface area contributed by atoms with Crippen LogP contribution in [0.3, 0.4) is 0 Å². The Balaban J connectivity index is 0.00000320. The van der Waals surface area contributed by atoms with Gasteiger partial charge in [0.05, 0.1) is 17.6 Å². The number of piperazine rings is 1.